The third-order valence-electron chi connectivity index (χ3n) is 5.43. The van der Waals surface area contributed by atoms with Crippen LogP contribution in [0.3, 0.4) is 0 Å². The van der Waals surface area contributed by atoms with E-state index in [9.17, 15) is 9.59 Å². The highest BCUT2D eigenvalue weighted by Crippen LogP contribution is 2.32. The summed E-state index contributed by atoms with van der Waals surface area (Å²) in [6.45, 7) is 6.55. The van der Waals surface area contributed by atoms with Crippen molar-refractivity contribution in [3.05, 3.63) is 64.6 Å². The molecule has 7 heteroatoms. The zero-order chi connectivity index (χ0) is 21.3. The van der Waals surface area contributed by atoms with Crippen molar-refractivity contribution in [1.82, 2.24) is 15.2 Å². The van der Waals surface area contributed by atoms with Gasteiger partial charge in [-0.15, -0.1) is 11.3 Å². The fraction of sp³-hybridized carbons (Fsp3) is 0.348. The first-order valence-corrected chi connectivity index (χ1v) is 10.9. The van der Waals surface area contributed by atoms with E-state index < -0.39 is 6.04 Å². The van der Waals surface area contributed by atoms with E-state index in [-0.39, 0.29) is 23.6 Å². The van der Waals surface area contributed by atoms with Crippen molar-refractivity contribution < 1.29 is 14.0 Å². The topological polar surface area (TPSA) is 75.4 Å². The number of hydrogen-bond donors (Lipinski definition) is 1. The Balaban J connectivity index is 1.47. The number of nitrogens with one attached hydrogen (secondary N) is 1. The molecule has 0 bridgehead atoms. The van der Waals surface area contributed by atoms with Crippen LogP contribution in [0, 0.1) is 13.8 Å². The molecule has 3 aromatic rings. The smallest absolute Gasteiger partial charge is 0.290 e. The zero-order valence-electron chi connectivity index (χ0n) is 17.3. The molecule has 1 fully saturated rings. The van der Waals surface area contributed by atoms with E-state index in [2.05, 4.69) is 36.5 Å². The van der Waals surface area contributed by atoms with E-state index in [1.165, 1.54) is 11.8 Å². The van der Waals surface area contributed by atoms with Crippen LogP contribution in [0.5, 0.6) is 0 Å². The van der Waals surface area contributed by atoms with E-state index in [0.717, 1.165) is 27.6 Å². The first-order chi connectivity index (χ1) is 14.4. The standard InChI is InChI=1S/C23H25N3O3S/c1-14-8-10-17(11-9-14)22-25-16(3)20(30-22)15(2)24-21(27)18-6-4-12-26(18)23(28)19-7-5-13-29-19/h5,7-11,13,15,18H,4,6,12H2,1-3H3,(H,24,27). The van der Waals surface area contributed by atoms with Crippen LogP contribution in [-0.2, 0) is 4.79 Å². The van der Waals surface area contributed by atoms with E-state index in [4.69, 9.17) is 9.40 Å². The van der Waals surface area contributed by atoms with Gasteiger partial charge in [0, 0.05) is 12.1 Å². The van der Waals surface area contributed by atoms with Crippen LogP contribution in [0.1, 0.15) is 52.5 Å². The Bertz CT molecular complexity index is 1040. The molecule has 1 aliphatic heterocycles. The highest BCUT2D eigenvalue weighted by Gasteiger charge is 2.36. The molecule has 2 atom stereocenters. The van der Waals surface area contributed by atoms with Gasteiger partial charge in [0.25, 0.3) is 5.91 Å². The van der Waals surface area contributed by atoms with Crippen molar-refractivity contribution in [3.8, 4) is 10.6 Å². The summed E-state index contributed by atoms with van der Waals surface area (Å²) in [5.41, 5.74) is 3.20. The number of likely N-dealkylation sites (tertiary alicyclic amines) is 1. The fourth-order valence-corrected chi connectivity index (χ4v) is 4.90. The highest BCUT2D eigenvalue weighted by molar-refractivity contribution is 7.15. The van der Waals surface area contributed by atoms with E-state index in [0.29, 0.717) is 13.0 Å². The minimum Gasteiger partial charge on any atom is -0.459 e. The zero-order valence-corrected chi connectivity index (χ0v) is 18.2. The second-order valence-electron chi connectivity index (χ2n) is 7.70. The first kappa shape index (κ1) is 20.3. The molecule has 156 valence electrons. The summed E-state index contributed by atoms with van der Waals surface area (Å²) < 4.78 is 5.22. The van der Waals surface area contributed by atoms with Gasteiger partial charge in [-0.2, -0.15) is 0 Å². The number of benzene rings is 1. The van der Waals surface area contributed by atoms with E-state index in [1.807, 2.05) is 13.8 Å². The summed E-state index contributed by atoms with van der Waals surface area (Å²) in [5, 5.41) is 4.03. The van der Waals surface area contributed by atoms with Crippen LogP contribution in [0.2, 0.25) is 0 Å². The van der Waals surface area contributed by atoms with E-state index >= 15 is 0 Å². The maximum absolute atomic E-state index is 13.0. The lowest BCUT2D eigenvalue weighted by Gasteiger charge is -2.24. The average molecular weight is 424 g/mol. The molecule has 0 spiro atoms. The molecule has 1 N–H and O–H groups in total. The summed E-state index contributed by atoms with van der Waals surface area (Å²) in [6.07, 6.45) is 2.93. The molecule has 3 heterocycles. The lowest BCUT2D eigenvalue weighted by atomic mass is 10.1. The first-order valence-electron chi connectivity index (χ1n) is 10.1. The molecule has 0 aliphatic carbocycles. The second kappa shape index (κ2) is 8.44. The van der Waals surface area contributed by atoms with Crippen LogP contribution in [0.15, 0.2) is 47.1 Å². The van der Waals surface area contributed by atoms with Gasteiger partial charge in [0.1, 0.15) is 11.0 Å². The average Bonchev–Trinajstić information content (AvgIpc) is 3.48. The lowest BCUT2D eigenvalue weighted by Crippen LogP contribution is -2.46. The molecule has 6 nitrogen and oxygen atoms in total. The monoisotopic (exact) mass is 423 g/mol. The minimum atomic E-state index is -0.477. The molecule has 0 saturated carbocycles. The molecule has 2 unspecified atom stereocenters. The molecular weight excluding hydrogens is 398 g/mol. The number of amides is 2. The molecular formula is C23H25N3O3S. The minimum absolute atomic E-state index is 0.135. The molecule has 1 aromatic carbocycles. The summed E-state index contributed by atoms with van der Waals surface area (Å²) in [4.78, 5) is 33.0. The van der Waals surface area contributed by atoms with Gasteiger partial charge in [0.05, 0.1) is 22.9 Å². The third kappa shape index (κ3) is 4.03. The Labute approximate surface area is 179 Å². The van der Waals surface area contributed by atoms with Gasteiger partial charge in [-0.3, -0.25) is 9.59 Å². The Kier molecular flexibility index (Phi) is 5.72. The summed E-state index contributed by atoms with van der Waals surface area (Å²) >= 11 is 1.59. The van der Waals surface area contributed by atoms with Crippen LogP contribution >= 0.6 is 11.3 Å². The van der Waals surface area contributed by atoms with Gasteiger partial charge in [0.2, 0.25) is 5.91 Å². The van der Waals surface area contributed by atoms with Crippen molar-refractivity contribution in [2.75, 3.05) is 6.54 Å². The number of carbonyl (C=O) groups is 2. The van der Waals surface area contributed by atoms with Gasteiger partial charge in [-0.1, -0.05) is 29.8 Å². The van der Waals surface area contributed by atoms with Crippen molar-refractivity contribution in [3.63, 3.8) is 0 Å². The van der Waals surface area contributed by atoms with Crippen molar-refractivity contribution in [1.29, 1.82) is 0 Å². The number of rotatable bonds is 5. The molecule has 30 heavy (non-hydrogen) atoms. The quantitative estimate of drug-likeness (QED) is 0.655. The van der Waals surface area contributed by atoms with Crippen LogP contribution in [0.4, 0.5) is 0 Å². The Morgan fingerprint density at radius 3 is 2.70 bits per heavy atom. The predicted molar refractivity (Wildman–Crippen MR) is 116 cm³/mol. The van der Waals surface area contributed by atoms with Crippen molar-refractivity contribution in [2.24, 2.45) is 0 Å². The number of aryl methyl sites for hydroxylation is 2. The number of thiazole rings is 1. The van der Waals surface area contributed by atoms with Gasteiger partial charge in [0.15, 0.2) is 5.76 Å². The van der Waals surface area contributed by atoms with Crippen molar-refractivity contribution in [2.45, 2.75) is 45.7 Å². The van der Waals surface area contributed by atoms with Gasteiger partial charge in [-0.05, 0) is 45.7 Å². The molecule has 2 aromatic heterocycles. The van der Waals surface area contributed by atoms with Crippen molar-refractivity contribution >= 4 is 23.2 Å². The van der Waals surface area contributed by atoms with Crippen LogP contribution in [0.25, 0.3) is 10.6 Å². The fourth-order valence-electron chi connectivity index (χ4n) is 3.83. The second-order valence-corrected chi connectivity index (χ2v) is 8.73. The molecule has 0 radical (unpaired) electrons. The molecule has 1 aliphatic rings. The number of carbonyl (C=O) groups excluding carboxylic acids is 2. The SMILES string of the molecule is Cc1ccc(-c2nc(C)c(C(C)NC(=O)C3CCCN3C(=O)c3ccco3)s2)cc1. The van der Waals surface area contributed by atoms with Gasteiger partial charge >= 0.3 is 0 Å². The number of nitrogens with zero attached hydrogens (tertiary/aromatic N) is 2. The molecule has 2 amide bonds. The van der Waals surface area contributed by atoms with Gasteiger partial charge < -0.3 is 14.6 Å². The summed E-state index contributed by atoms with van der Waals surface area (Å²) in [6, 6.07) is 10.9. The molecule has 1 saturated heterocycles. The van der Waals surface area contributed by atoms with Crippen LogP contribution < -0.4 is 5.32 Å². The Morgan fingerprint density at radius 1 is 1.23 bits per heavy atom. The Hall–Kier alpha value is -2.93. The van der Waals surface area contributed by atoms with Crippen LogP contribution in [-0.4, -0.2) is 34.3 Å². The number of aromatic nitrogens is 1. The van der Waals surface area contributed by atoms with Gasteiger partial charge in [-0.25, -0.2) is 4.98 Å². The highest BCUT2D eigenvalue weighted by atomic mass is 32.1. The number of hydrogen-bond acceptors (Lipinski definition) is 5. The summed E-state index contributed by atoms with van der Waals surface area (Å²) in [5.74, 6) is -0.102. The lowest BCUT2D eigenvalue weighted by molar-refractivity contribution is -0.125. The third-order valence-corrected chi connectivity index (χ3v) is 6.82. The molecule has 4 rings (SSSR count). The maximum atomic E-state index is 13.0. The predicted octanol–water partition coefficient (Wildman–Crippen LogP) is 4.50. The normalized spacial score (nSPS) is 17.2. The number of furan rings is 1. The summed E-state index contributed by atoms with van der Waals surface area (Å²) in [7, 11) is 0. The Morgan fingerprint density at radius 2 is 2.00 bits per heavy atom. The van der Waals surface area contributed by atoms with E-state index in [1.54, 1.807) is 28.4 Å². The largest absolute Gasteiger partial charge is 0.459 e. The maximum Gasteiger partial charge on any atom is 0.290 e.